The van der Waals surface area contributed by atoms with E-state index >= 15 is 0 Å². The van der Waals surface area contributed by atoms with E-state index in [1.54, 1.807) is 0 Å². The molecular formula is C16H20IN3. The molecule has 0 radical (unpaired) electrons. The zero-order valence-electron chi connectivity index (χ0n) is 11.8. The number of nitrogens with zero attached hydrogens (tertiary/aromatic N) is 1. The van der Waals surface area contributed by atoms with Gasteiger partial charge in [0.25, 0.3) is 0 Å². The topological polar surface area (TPSA) is 50.4 Å². The van der Waals surface area contributed by atoms with E-state index in [0.29, 0.717) is 12.5 Å². The predicted octanol–water partition coefficient (Wildman–Crippen LogP) is 3.85. The molecule has 0 saturated carbocycles. The van der Waals surface area contributed by atoms with Crippen molar-refractivity contribution < 1.29 is 0 Å². The summed E-state index contributed by atoms with van der Waals surface area (Å²) in [4.78, 5) is 4.33. The lowest BCUT2D eigenvalue weighted by molar-refractivity contribution is 1.06. The average molecular weight is 381 g/mol. The summed E-state index contributed by atoms with van der Waals surface area (Å²) in [5, 5.41) is 3.08. The molecule has 0 aliphatic carbocycles. The van der Waals surface area contributed by atoms with Crippen molar-refractivity contribution in [2.45, 2.75) is 20.4 Å². The fraction of sp³-hybridized carbons (Fsp3) is 0.188. The maximum absolute atomic E-state index is 5.86. The van der Waals surface area contributed by atoms with Gasteiger partial charge in [-0.15, -0.1) is 24.0 Å². The van der Waals surface area contributed by atoms with Crippen LogP contribution in [0.25, 0.3) is 0 Å². The van der Waals surface area contributed by atoms with Crippen LogP contribution in [0.1, 0.15) is 16.7 Å². The van der Waals surface area contributed by atoms with E-state index in [-0.39, 0.29) is 24.0 Å². The van der Waals surface area contributed by atoms with Gasteiger partial charge in [0.2, 0.25) is 0 Å². The molecule has 2 aromatic carbocycles. The van der Waals surface area contributed by atoms with Gasteiger partial charge in [0.15, 0.2) is 5.96 Å². The van der Waals surface area contributed by atoms with Crippen LogP contribution in [-0.2, 0) is 6.54 Å². The van der Waals surface area contributed by atoms with Crippen molar-refractivity contribution in [1.29, 1.82) is 0 Å². The number of nitrogens with one attached hydrogen (secondary N) is 1. The Morgan fingerprint density at radius 1 is 0.950 bits per heavy atom. The van der Waals surface area contributed by atoms with Gasteiger partial charge in [-0.05, 0) is 31.5 Å². The van der Waals surface area contributed by atoms with Crippen molar-refractivity contribution in [3.05, 3.63) is 65.2 Å². The van der Waals surface area contributed by atoms with Crippen molar-refractivity contribution in [2.75, 3.05) is 5.32 Å². The summed E-state index contributed by atoms with van der Waals surface area (Å²) in [5.74, 6) is 0.435. The standard InChI is InChI=1S/C16H19N3.HI/c1-12-3-7-14(8-4-12)11-18-16(17)19-15-9-5-13(2)6-10-15;/h3-10H,11H2,1-2H3,(H3,17,18,19);1H. The van der Waals surface area contributed by atoms with Crippen LogP contribution in [0.4, 0.5) is 5.69 Å². The van der Waals surface area contributed by atoms with E-state index in [0.717, 1.165) is 11.3 Å². The van der Waals surface area contributed by atoms with Gasteiger partial charge in [0, 0.05) is 5.69 Å². The second kappa shape index (κ2) is 7.89. The molecule has 3 N–H and O–H groups in total. The Morgan fingerprint density at radius 3 is 2.00 bits per heavy atom. The number of hydrogen-bond acceptors (Lipinski definition) is 1. The molecule has 106 valence electrons. The van der Waals surface area contributed by atoms with Crippen LogP contribution in [0, 0.1) is 13.8 Å². The molecule has 20 heavy (non-hydrogen) atoms. The molecule has 0 fully saturated rings. The van der Waals surface area contributed by atoms with Crippen molar-refractivity contribution in [1.82, 2.24) is 0 Å². The number of halogens is 1. The third-order valence-corrected chi connectivity index (χ3v) is 2.88. The lowest BCUT2D eigenvalue weighted by atomic mass is 10.1. The minimum absolute atomic E-state index is 0. The first kappa shape index (κ1) is 16.5. The smallest absolute Gasteiger partial charge is 0.193 e. The minimum Gasteiger partial charge on any atom is -0.370 e. The third-order valence-electron chi connectivity index (χ3n) is 2.88. The Balaban J connectivity index is 0.00000200. The van der Waals surface area contributed by atoms with Crippen molar-refractivity contribution in [3.63, 3.8) is 0 Å². The monoisotopic (exact) mass is 381 g/mol. The average Bonchev–Trinajstić information content (AvgIpc) is 2.41. The highest BCUT2D eigenvalue weighted by atomic mass is 127. The largest absolute Gasteiger partial charge is 0.370 e. The molecule has 0 aliphatic rings. The van der Waals surface area contributed by atoms with Gasteiger partial charge in [-0.3, -0.25) is 0 Å². The number of hydrogen-bond donors (Lipinski definition) is 2. The van der Waals surface area contributed by atoms with Gasteiger partial charge in [0.05, 0.1) is 6.54 Å². The van der Waals surface area contributed by atoms with Crippen LogP contribution < -0.4 is 11.1 Å². The van der Waals surface area contributed by atoms with Gasteiger partial charge in [-0.25, -0.2) is 4.99 Å². The summed E-state index contributed by atoms with van der Waals surface area (Å²) in [6, 6.07) is 16.3. The van der Waals surface area contributed by atoms with E-state index in [4.69, 9.17) is 5.73 Å². The molecule has 3 nitrogen and oxygen atoms in total. The normalized spacial score (nSPS) is 10.8. The Hall–Kier alpha value is -1.56. The molecule has 0 heterocycles. The number of rotatable bonds is 3. The summed E-state index contributed by atoms with van der Waals surface area (Å²) in [6.45, 7) is 4.71. The van der Waals surface area contributed by atoms with E-state index in [1.807, 2.05) is 24.3 Å². The van der Waals surface area contributed by atoms with Crippen LogP contribution >= 0.6 is 24.0 Å². The van der Waals surface area contributed by atoms with Gasteiger partial charge >= 0.3 is 0 Å². The molecular weight excluding hydrogens is 361 g/mol. The molecule has 0 aliphatic heterocycles. The van der Waals surface area contributed by atoms with Crippen molar-refractivity contribution in [2.24, 2.45) is 10.7 Å². The number of benzene rings is 2. The van der Waals surface area contributed by atoms with E-state index in [2.05, 4.69) is 48.4 Å². The van der Waals surface area contributed by atoms with Gasteiger partial charge in [0.1, 0.15) is 0 Å². The summed E-state index contributed by atoms with van der Waals surface area (Å²) in [5.41, 5.74) is 10.4. The maximum Gasteiger partial charge on any atom is 0.193 e. The Morgan fingerprint density at radius 2 is 1.45 bits per heavy atom. The first-order chi connectivity index (χ1) is 9.13. The summed E-state index contributed by atoms with van der Waals surface area (Å²) >= 11 is 0. The molecule has 0 amide bonds. The van der Waals surface area contributed by atoms with Crippen LogP contribution in [0.15, 0.2) is 53.5 Å². The third kappa shape index (κ3) is 5.21. The Bertz CT molecular complexity index is 559. The van der Waals surface area contributed by atoms with Crippen molar-refractivity contribution in [3.8, 4) is 0 Å². The second-order valence-corrected chi connectivity index (χ2v) is 4.68. The van der Waals surface area contributed by atoms with Crippen LogP contribution in [0.2, 0.25) is 0 Å². The number of aliphatic imine (C=N–C) groups is 1. The first-order valence-electron chi connectivity index (χ1n) is 6.32. The van der Waals surface area contributed by atoms with Crippen LogP contribution in [-0.4, -0.2) is 5.96 Å². The molecule has 0 atom stereocenters. The summed E-state index contributed by atoms with van der Waals surface area (Å²) < 4.78 is 0. The lowest BCUT2D eigenvalue weighted by Crippen LogP contribution is -2.22. The zero-order valence-corrected chi connectivity index (χ0v) is 14.1. The maximum atomic E-state index is 5.86. The molecule has 0 unspecified atom stereocenters. The predicted molar refractivity (Wildman–Crippen MR) is 96.7 cm³/mol. The van der Waals surface area contributed by atoms with Gasteiger partial charge < -0.3 is 11.1 Å². The SMILES string of the molecule is Cc1ccc(CN=C(N)Nc2ccc(C)cc2)cc1.I. The fourth-order valence-electron chi connectivity index (χ4n) is 1.69. The summed E-state index contributed by atoms with van der Waals surface area (Å²) in [7, 11) is 0. The lowest BCUT2D eigenvalue weighted by Gasteiger charge is -2.06. The van der Waals surface area contributed by atoms with E-state index in [9.17, 15) is 0 Å². The first-order valence-corrected chi connectivity index (χ1v) is 6.32. The highest BCUT2D eigenvalue weighted by molar-refractivity contribution is 14.0. The highest BCUT2D eigenvalue weighted by Crippen LogP contribution is 2.08. The molecule has 2 rings (SSSR count). The molecule has 0 spiro atoms. The van der Waals surface area contributed by atoms with Crippen molar-refractivity contribution >= 4 is 35.6 Å². The molecule has 0 bridgehead atoms. The summed E-state index contributed by atoms with van der Waals surface area (Å²) in [6.07, 6.45) is 0. The Labute approximate surface area is 137 Å². The van der Waals surface area contributed by atoms with Gasteiger partial charge in [-0.1, -0.05) is 47.5 Å². The van der Waals surface area contributed by atoms with Gasteiger partial charge in [-0.2, -0.15) is 0 Å². The van der Waals surface area contributed by atoms with Crippen LogP contribution in [0.5, 0.6) is 0 Å². The number of aryl methyl sites for hydroxylation is 2. The highest BCUT2D eigenvalue weighted by Gasteiger charge is 1.95. The number of anilines is 1. The molecule has 0 aromatic heterocycles. The molecule has 2 aromatic rings. The number of guanidine groups is 1. The van der Waals surface area contributed by atoms with E-state index in [1.165, 1.54) is 11.1 Å². The van der Waals surface area contributed by atoms with Crippen LogP contribution in [0.3, 0.4) is 0 Å². The molecule has 0 saturated heterocycles. The quantitative estimate of drug-likeness (QED) is 0.482. The van der Waals surface area contributed by atoms with E-state index < -0.39 is 0 Å². The Kier molecular flexibility index (Phi) is 6.51. The number of nitrogens with two attached hydrogens (primary N) is 1. The molecule has 4 heteroatoms. The second-order valence-electron chi connectivity index (χ2n) is 4.68. The fourth-order valence-corrected chi connectivity index (χ4v) is 1.69. The minimum atomic E-state index is 0. The zero-order chi connectivity index (χ0) is 13.7.